The lowest BCUT2D eigenvalue weighted by molar-refractivity contribution is 0.564. The van der Waals surface area contributed by atoms with Gasteiger partial charge >= 0.3 is 0 Å². The Morgan fingerprint density at radius 2 is 0.985 bits per heavy atom. The molecule has 1 heteroatoms. The van der Waals surface area contributed by atoms with E-state index in [9.17, 15) is 0 Å². The smallest absolute Gasteiger partial charge is 0.0465 e. The van der Waals surface area contributed by atoms with E-state index in [1.807, 2.05) is 0 Å². The van der Waals surface area contributed by atoms with Gasteiger partial charge in [0.25, 0.3) is 0 Å². The molecule has 0 heterocycles. The fraction of sp³-hybridized carbons (Fsp3) is 0.0909. The van der Waals surface area contributed by atoms with Crippen molar-refractivity contribution in [1.29, 1.82) is 0 Å². The van der Waals surface area contributed by atoms with E-state index in [4.69, 9.17) is 0 Å². The minimum absolute atomic E-state index is 0.0984. The predicted octanol–water partition coefficient (Wildman–Crippen LogP) is 18.2. The molecule has 0 saturated carbocycles. The molecule has 2 atom stereocenters. The van der Waals surface area contributed by atoms with Crippen LogP contribution in [0.25, 0.3) is 62.4 Å². The Hall–Kier alpha value is -8.00. The first kappa shape index (κ1) is 41.7. The number of hydrogen-bond acceptors (Lipinski definition) is 1. The highest BCUT2D eigenvalue weighted by atomic mass is 15.1. The number of allylic oxidation sites excluding steroid dienone is 5. The summed E-state index contributed by atoms with van der Waals surface area (Å²) in [6.07, 6.45) is 18.0. The van der Waals surface area contributed by atoms with Crippen molar-refractivity contribution in [3.8, 4) is 33.4 Å². The summed E-state index contributed by atoms with van der Waals surface area (Å²) in [6, 6.07) is 77.5. The molecule has 2 aliphatic rings. The zero-order valence-corrected chi connectivity index (χ0v) is 38.2. The van der Waals surface area contributed by atoms with E-state index in [1.54, 1.807) is 0 Å². The fourth-order valence-corrected chi connectivity index (χ4v) is 10.2. The van der Waals surface area contributed by atoms with Crippen molar-refractivity contribution in [3.63, 3.8) is 0 Å². The van der Waals surface area contributed by atoms with Gasteiger partial charge in [-0.05, 0) is 144 Å². The molecule has 9 aromatic rings. The molecule has 0 aliphatic heterocycles. The predicted molar refractivity (Wildman–Crippen MR) is 287 cm³/mol. The molecule has 2 unspecified atom stereocenters. The molecule has 0 saturated heterocycles. The number of anilines is 3. The third kappa shape index (κ3) is 8.30. The third-order valence-corrected chi connectivity index (χ3v) is 14.1. The van der Waals surface area contributed by atoms with Gasteiger partial charge in [-0.15, -0.1) is 0 Å². The number of rotatable bonds is 11. The Kier molecular flexibility index (Phi) is 11.3. The monoisotopic (exact) mass is 859 g/mol. The summed E-state index contributed by atoms with van der Waals surface area (Å²) in [7, 11) is 0. The van der Waals surface area contributed by atoms with Crippen molar-refractivity contribution < 1.29 is 0 Å². The van der Waals surface area contributed by atoms with Gasteiger partial charge in [0.2, 0.25) is 0 Å². The molecule has 9 aromatic carbocycles. The van der Waals surface area contributed by atoms with E-state index in [2.05, 4.69) is 274 Å². The average molecular weight is 860 g/mol. The van der Waals surface area contributed by atoms with Gasteiger partial charge in [-0.2, -0.15) is 0 Å². The van der Waals surface area contributed by atoms with Gasteiger partial charge < -0.3 is 4.90 Å². The molecule has 0 spiro atoms. The number of para-hydroxylation sites is 2. The molecule has 2 aliphatic carbocycles. The van der Waals surface area contributed by atoms with Crippen molar-refractivity contribution in [1.82, 2.24) is 0 Å². The number of hydrogen-bond donors (Lipinski definition) is 0. The Labute approximate surface area is 396 Å². The van der Waals surface area contributed by atoms with Crippen molar-refractivity contribution in [2.45, 2.75) is 38.0 Å². The van der Waals surface area contributed by atoms with Crippen molar-refractivity contribution in [3.05, 3.63) is 276 Å². The summed E-state index contributed by atoms with van der Waals surface area (Å²) in [6.45, 7) is 4.74. The summed E-state index contributed by atoms with van der Waals surface area (Å²) in [4.78, 5) is 2.36. The van der Waals surface area contributed by atoms with Crippen LogP contribution in [0, 0.1) is 0 Å². The maximum atomic E-state index is 2.43. The Bertz CT molecular complexity index is 3300. The van der Waals surface area contributed by atoms with Crippen molar-refractivity contribution in [2.75, 3.05) is 4.90 Å². The van der Waals surface area contributed by atoms with Gasteiger partial charge in [-0.3, -0.25) is 0 Å². The van der Waals surface area contributed by atoms with E-state index in [0.29, 0.717) is 5.92 Å². The van der Waals surface area contributed by atoms with Gasteiger partial charge in [0.05, 0.1) is 0 Å². The van der Waals surface area contributed by atoms with Crippen LogP contribution in [-0.2, 0) is 5.41 Å². The highest BCUT2D eigenvalue weighted by molar-refractivity contribution is 5.97. The van der Waals surface area contributed by atoms with Crippen LogP contribution in [0.1, 0.15) is 66.0 Å². The summed E-state index contributed by atoms with van der Waals surface area (Å²) in [5.41, 5.74) is 20.1. The third-order valence-electron chi connectivity index (χ3n) is 14.1. The molecule has 0 aromatic heterocycles. The highest BCUT2D eigenvalue weighted by Crippen LogP contribution is 2.53. The zero-order valence-electron chi connectivity index (χ0n) is 38.2. The van der Waals surface area contributed by atoms with Gasteiger partial charge in [0.15, 0.2) is 0 Å². The highest BCUT2D eigenvalue weighted by Gasteiger charge is 2.38. The zero-order chi connectivity index (χ0) is 45.2. The number of fused-ring (bicyclic) bond motifs is 4. The summed E-state index contributed by atoms with van der Waals surface area (Å²) < 4.78 is 0. The second kappa shape index (κ2) is 18.1. The Morgan fingerprint density at radius 1 is 0.463 bits per heavy atom. The molecule has 67 heavy (non-hydrogen) atoms. The van der Waals surface area contributed by atoms with Crippen LogP contribution in [0.4, 0.5) is 17.1 Å². The molecular formula is C66H53N. The molecule has 0 amide bonds. The second-order valence-electron chi connectivity index (χ2n) is 18.2. The molecule has 11 rings (SSSR count). The van der Waals surface area contributed by atoms with Crippen LogP contribution in [0.5, 0.6) is 0 Å². The Balaban J connectivity index is 0.765. The molecular weight excluding hydrogens is 807 g/mol. The normalized spacial score (nSPS) is 16.3. The minimum Gasteiger partial charge on any atom is -0.310 e. The van der Waals surface area contributed by atoms with E-state index in [0.717, 1.165) is 24.2 Å². The lowest BCUT2D eigenvalue weighted by Gasteiger charge is -2.29. The summed E-state index contributed by atoms with van der Waals surface area (Å²) in [5, 5.41) is 2.54. The first-order valence-electron chi connectivity index (χ1n) is 23.7. The standard InChI is InChI=1S/C66H53N/c1-3-66(2)64-42-50(34-40-60(64)61-41-39-59(46-65(61)66)67(57-20-12-6-13-21-57)58-22-14-7-15-23-58)31-30-48-26-24-47(25-27-48)28-29-49-32-35-51(36-33-49)54-37-38-55-44-62(52-16-8-4-9-17-52)63(45-56(55)43-54)53-18-10-5-11-19-53/h4-35,37-46,51H,3,36H2,1-2H3/b29-28+,31-30+. The molecule has 322 valence electrons. The average Bonchev–Trinajstić information content (AvgIpc) is 3.65. The summed E-state index contributed by atoms with van der Waals surface area (Å²) >= 11 is 0. The summed E-state index contributed by atoms with van der Waals surface area (Å²) in [5.74, 6) is 0.349. The quantitative estimate of drug-likeness (QED) is 0.117. The van der Waals surface area contributed by atoms with Crippen LogP contribution in [0.15, 0.2) is 242 Å². The largest absolute Gasteiger partial charge is 0.310 e. The number of benzene rings is 9. The fourth-order valence-electron chi connectivity index (χ4n) is 10.2. The van der Waals surface area contributed by atoms with E-state index < -0.39 is 0 Å². The van der Waals surface area contributed by atoms with Gasteiger partial charge in [0.1, 0.15) is 0 Å². The van der Waals surface area contributed by atoms with Crippen LogP contribution in [-0.4, -0.2) is 0 Å². The van der Waals surface area contributed by atoms with Gasteiger partial charge in [0, 0.05) is 28.4 Å². The molecule has 0 bridgehead atoms. The van der Waals surface area contributed by atoms with Crippen LogP contribution >= 0.6 is 0 Å². The lowest BCUT2D eigenvalue weighted by atomic mass is 9.77. The van der Waals surface area contributed by atoms with E-state index in [1.165, 1.54) is 88.8 Å². The second-order valence-corrected chi connectivity index (χ2v) is 18.2. The first-order chi connectivity index (χ1) is 33.0. The number of nitrogens with zero attached hydrogens (tertiary/aromatic N) is 1. The first-order valence-corrected chi connectivity index (χ1v) is 23.7. The maximum absolute atomic E-state index is 2.43. The molecule has 0 radical (unpaired) electrons. The molecule has 0 N–H and O–H groups in total. The van der Waals surface area contributed by atoms with Crippen LogP contribution in [0.2, 0.25) is 0 Å². The SMILES string of the molecule is CCC1(C)c2cc(/C=C/c3ccc(/C=C/C4=CCC(c5ccc6cc(-c7ccccc7)c(-c7ccccc7)cc6c5)C=C4)cc3)ccc2-c2ccc(N(c3ccccc3)c3ccccc3)cc21. The molecule has 0 fully saturated rings. The van der Waals surface area contributed by atoms with Crippen molar-refractivity contribution >= 4 is 46.1 Å². The van der Waals surface area contributed by atoms with Crippen molar-refractivity contribution in [2.24, 2.45) is 0 Å². The molecule has 1 nitrogen and oxygen atoms in total. The maximum Gasteiger partial charge on any atom is 0.0465 e. The van der Waals surface area contributed by atoms with Gasteiger partial charge in [-0.25, -0.2) is 0 Å². The minimum atomic E-state index is -0.0984. The Morgan fingerprint density at radius 3 is 1.57 bits per heavy atom. The van der Waals surface area contributed by atoms with Gasteiger partial charge in [-0.1, -0.05) is 220 Å². The lowest BCUT2D eigenvalue weighted by Crippen LogP contribution is -2.20. The topological polar surface area (TPSA) is 3.24 Å². The van der Waals surface area contributed by atoms with E-state index in [-0.39, 0.29) is 5.41 Å². The van der Waals surface area contributed by atoms with E-state index >= 15 is 0 Å². The van der Waals surface area contributed by atoms with Crippen LogP contribution in [0.3, 0.4) is 0 Å². The van der Waals surface area contributed by atoms with Crippen LogP contribution < -0.4 is 4.90 Å².